The molecular formula is C21H20ClN5O4S2. The molecule has 4 aromatic rings. The molecule has 3 heterocycles. The second kappa shape index (κ2) is 9.38. The van der Waals surface area contributed by atoms with Crippen molar-refractivity contribution in [2.24, 2.45) is 0 Å². The highest BCUT2D eigenvalue weighted by Gasteiger charge is 2.23. The molecule has 0 atom stereocenters. The Labute approximate surface area is 199 Å². The summed E-state index contributed by atoms with van der Waals surface area (Å²) < 4.78 is 35.9. The highest BCUT2D eigenvalue weighted by molar-refractivity contribution is 7.94. The van der Waals surface area contributed by atoms with E-state index >= 15 is 0 Å². The number of benzene rings is 1. The second-order valence-electron chi connectivity index (χ2n) is 7.05. The number of methoxy groups -OCH3 is 1. The average molecular weight is 506 g/mol. The topological polar surface area (TPSA) is 115 Å². The van der Waals surface area contributed by atoms with Gasteiger partial charge in [-0.25, -0.2) is 8.42 Å². The van der Waals surface area contributed by atoms with Crippen molar-refractivity contribution in [2.75, 3.05) is 11.8 Å². The van der Waals surface area contributed by atoms with E-state index in [1.807, 2.05) is 24.3 Å². The molecule has 3 aromatic heterocycles. The quantitative estimate of drug-likeness (QED) is 0.378. The van der Waals surface area contributed by atoms with Gasteiger partial charge in [0.25, 0.3) is 10.0 Å². The lowest BCUT2D eigenvalue weighted by Crippen LogP contribution is -2.20. The van der Waals surface area contributed by atoms with Crippen LogP contribution in [0.2, 0.25) is 4.34 Å². The van der Waals surface area contributed by atoms with Crippen molar-refractivity contribution in [1.29, 1.82) is 0 Å². The maximum absolute atomic E-state index is 12.9. The molecule has 9 nitrogen and oxygen atoms in total. The first-order valence-electron chi connectivity index (χ1n) is 9.78. The number of aromatic nitrogens is 3. The Bertz CT molecular complexity index is 1430. The number of thiophene rings is 1. The Kier molecular flexibility index (Phi) is 6.54. The van der Waals surface area contributed by atoms with Crippen LogP contribution in [0.3, 0.4) is 0 Å². The molecule has 0 unspecified atom stereocenters. The van der Waals surface area contributed by atoms with Gasteiger partial charge in [-0.3, -0.25) is 19.2 Å². The molecular weight excluding hydrogens is 486 g/mol. The number of carbonyl (C=O) groups excluding carboxylic acids is 1. The zero-order valence-corrected chi connectivity index (χ0v) is 20.1. The number of hydrogen-bond donors (Lipinski definition) is 2. The Hall–Kier alpha value is -3.15. The van der Waals surface area contributed by atoms with Crippen LogP contribution in [0, 0.1) is 0 Å². The number of sulfonamides is 1. The maximum atomic E-state index is 12.9. The van der Waals surface area contributed by atoms with Crippen molar-refractivity contribution >= 4 is 55.6 Å². The molecule has 0 aliphatic carbocycles. The van der Waals surface area contributed by atoms with Crippen molar-refractivity contribution in [3.8, 4) is 5.75 Å². The predicted molar refractivity (Wildman–Crippen MR) is 127 cm³/mol. The Morgan fingerprint density at radius 1 is 1.15 bits per heavy atom. The van der Waals surface area contributed by atoms with E-state index in [9.17, 15) is 13.2 Å². The average Bonchev–Trinajstić information content (AvgIpc) is 3.37. The van der Waals surface area contributed by atoms with E-state index < -0.39 is 10.0 Å². The molecule has 33 heavy (non-hydrogen) atoms. The second-order valence-corrected chi connectivity index (χ2v) is 10.7. The van der Waals surface area contributed by atoms with Gasteiger partial charge < -0.3 is 10.1 Å². The van der Waals surface area contributed by atoms with Crippen LogP contribution in [0.1, 0.15) is 18.3 Å². The summed E-state index contributed by atoms with van der Waals surface area (Å²) in [6.07, 6.45) is 0. The maximum Gasteiger partial charge on any atom is 0.272 e. The predicted octanol–water partition coefficient (Wildman–Crippen LogP) is 3.64. The van der Waals surface area contributed by atoms with Crippen LogP contribution in [-0.2, 0) is 27.9 Å². The lowest BCUT2D eigenvalue weighted by Gasteiger charge is -2.07. The Morgan fingerprint density at radius 3 is 2.61 bits per heavy atom. The molecule has 0 spiro atoms. The van der Waals surface area contributed by atoms with Gasteiger partial charge in [-0.05, 0) is 36.4 Å². The van der Waals surface area contributed by atoms with Gasteiger partial charge in [-0.1, -0.05) is 23.7 Å². The molecule has 0 fully saturated rings. The summed E-state index contributed by atoms with van der Waals surface area (Å²) in [6.45, 7) is 2.04. The summed E-state index contributed by atoms with van der Waals surface area (Å²) in [6, 6.07) is 13.8. The van der Waals surface area contributed by atoms with E-state index in [1.165, 1.54) is 26.2 Å². The lowest BCUT2D eigenvalue weighted by molar-refractivity contribution is -0.119. The number of nitrogens with zero attached hydrogens (tertiary/aromatic N) is 3. The molecule has 0 saturated carbocycles. The third-order valence-corrected chi connectivity index (χ3v) is 7.76. The molecule has 1 aromatic carbocycles. The molecule has 0 saturated heterocycles. The van der Waals surface area contributed by atoms with Gasteiger partial charge in [0.05, 0.1) is 46.8 Å². The molecule has 2 N–H and O–H groups in total. The van der Waals surface area contributed by atoms with E-state index in [-0.39, 0.29) is 22.5 Å². The van der Waals surface area contributed by atoms with Crippen molar-refractivity contribution < 1.29 is 17.9 Å². The minimum atomic E-state index is -3.89. The first kappa shape index (κ1) is 23.0. The standard InChI is InChI=1S/C21H20ClN5O4S2/c1-13(28)23-11-14-5-3-6-15(24-14)12-27-16-7-4-8-17(31-2)20(16)21(25-27)26-33(29,30)19-10-9-18(22)32-19/h3-10H,11-12H2,1-2H3,(H,23,28)(H,25,26). The number of ether oxygens (including phenoxy) is 1. The van der Waals surface area contributed by atoms with Crippen LogP contribution in [0.5, 0.6) is 5.75 Å². The number of pyridine rings is 1. The molecule has 0 radical (unpaired) electrons. The summed E-state index contributed by atoms with van der Waals surface area (Å²) in [5.41, 5.74) is 2.07. The van der Waals surface area contributed by atoms with Crippen LogP contribution in [0.25, 0.3) is 10.9 Å². The van der Waals surface area contributed by atoms with Crippen molar-refractivity contribution in [3.05, 3.63) is 64.3 Å². The molecule has 4 rings (SSSR count). The number of hydrogen-bond acceptors (Lipinski definition) is 7. The molecule has 12 heteroatoms. The van der Waals surface area contributed by atoms with Crippen LogP contribution >= 0.6 is 22.9 Å². The first-order valence-corrected chi connectivity index (χ1v) is 12.5. The number of carbonyl (C=O) groups is 1. The molecule has 172 valence electrons. The molecule has 1 amide bonds. The highest BCUT2D eigenvalue weighted by atomic mass is 35.5. The molecule has 0 bridgehead atoms. The third kappa shape index (κ3) is 5.10. The zero-order chi connectivity index (χ0) is 23.6. The fourth-order valence-corrected chi connectivity index (χ4v) is 5.76. The number of anilines is 1. The van der Waals surface area contributed by atoms with Crippen molar-refractivity contribution in [1.82, 2.24) is 20.1 Å². The van der Waals surface area contributed by atoms with E-state index in [0.717, 1.165) is 11.3 Å². The van der Waals surface area contributed by atoms with Gasteiger partial charge >= 0.3 is 0 Å². The summed E-state index contributed by atoms with van der Waals surface area (Å²) in [5, 5.41) is 7.77. The minimum Gasteiger partial charge on any atom is -0.496 e. The van der Waals surface area contributed by atoms with Crippen LogP contribution in [0.15, 0.2) is 52.7 Å². The zero-order valence-electron chi connectivity index (χ0n) is 17.7. The van der Waals surface area contributed by atoms with Crippen LogP contribution < -0.4 is 14.8 Å². The van der Waals surface area contributed by atoms with E-state index in [4.69, 9.17) is 16.3 Å². The van der Waals surface area contributed by atoms with Crippen LogP contribution in [-0.4, -0.2) is 36.2 Å². The van der Waals surface area contributed by atoms with Gasteiger partial charge in [-0.2, -0.15) is 5.10 Å². The fraction of sp³-hybridized carbons (Fsp3) is 0.190. The van der Waals surface area contributed by atoms with Gasteiger partial charge in [0.1, 0.15) is 9.96 Å². The molecule has 0 aliphatic heterocycles. The fourth-order valence-electron chi connectivity index (χ4n) is 3.26. The highest BCUT2D eigenvalue weighted by Crippen LogP contribution is 2.34. The lowest BCUT2D eigenvalue weighted by atomic mass is 10.2. The van der Waals surface area contributed by atoms with Crippen molar-refractivity contribution in [2.45, 2.75) is 24.2 Å². The van der Waals surface area contributed by atoms with Gasteiger partial charge in [0.2, 0.25) is 5.91 Å². The monoisotopic (exact) mass is 505 g/mol. The smallest absolute Gasteiger partial charge is 0.272 e. The van der Waals surface area contributed by atoms with Gasteiger partial charge in [-0.15, -0.1) is 11.3 Å². The first-order chi connectivity index (χ1) is 15.8. The van der Waals surface area contributed by atoms with Gasteiger partial charge in [0, 0.05) is 6.92 Å². The van der Waals surface area contributed by atoms with E-state index in [2.05, 4.69) is 20.1 Å². The number of rotatable bonds is 8. The number of fused-ring (bicyclic) bond motifs is 1. The Morgan fingerprint density at radius 2 is 1.91 bits per heavy atom. The van der Waals surface area contributed by atoms with Crippen molar-refractivity contribution in [3.63, 3.8) is 0 Å². The summed E-state index contributed by atoms with van der Waals surface area (Å²) in [7, 11) is -2.38. The normalized spacial score (nSPS) is 11.5. The Balaban J connectivity index is 1.72. The summed E-state index contributed by atoms with van der Waals surface area (Å²) in [5.74, 6) is 0.478. The third-order valence-electron chi connectivity index (χ3n) is 4.70. The van der Waals surface area contributed by atoms with E-state index in [1.54, 1.807) is 16.8 Å². The largest absolute Gasteiger partial charge is 0.496 e. The summed E-state index contributed by atoms with van der Waals surface area (Å²) >= 11 is 6.87. The summed E-state index contributed by atoms with van der Waals surface area (Å²) in [4.78, 5) is 15.8. The number of nitrogens with one attached hydrogen (secondary N) is 2. The SMILES string of the molecule is COc1cccc2c1c(NS(=O)(=O)c1ccc(Cl)s1)nn2Cc1cccc(CNC(C)=O)n1. The van der Waals surface area contributed by atoms with Crippen LogP contribution in [0.4, 0.5) is 5.82 Å². The number of halogens is 1. The number of amides is 1. The molecule has 0 aliphatic rings. The van der Waals surface area contributed by atoms with Gasteiger partial charge in [0.15, 0.2) is 5.82 Å². The van der Waals surface area contributed by atoms with E-state index in [0.29, 0.717) is 38.9 Å². The minimum absolute atomic E-state index is 0.0810.